The molecule has 1 nitrogen and oxygen atoms in total. The third-order valence-corrected chi connectivity index (χ3v) is 2.54. The Hall–Kier alpha value is -1.07. The fourth-order valence-corrected chi connectivity index (χ4v) is 1.37. The number of rotatable bonds is 6. The number of hydrogen-bond donors (Lipinski definition) is 0. The molecule has 0 aliphatic carbocycles. The van der Waals surface area contributed by atoms with Gasteiger partial charge in [0.25, 0.3) is 0 Å². The van der Waals surface area contributed by atoms with E-state index in [9.17, 15) is 0 Å². The first kappa shape index (κ1) is 14.9. The minimum absolute atomic E-state index is 1.09. The van der Waals surface area contributed by atoms with E-state index in [1.807, 2.05) is 6.21 Å². The molecule has 0 heterocycles. The molecule has 0 N–H and O–H groups in total. The van der Waals surface area contributed by atoms with Crippen LogP contribution in [0.5, 0.6) is 0 Å². The molecule has 0 fully saturated rings. The molecule has 0 atom stereocenters. The summed E-state index contributed by atoms with van der Waals surface area (Å²) in [4.78, 5) is 4.06. The summed E-state index contributed by atoms with van der Waals surface area (Å²) in [6, 6.07) is 0. The van der Waals surface area contributed by atoms with Crippen LogP contribution < -0.4 is 0 Å². The second-order valence-electron chi connectivity index (χ2n) is 4.19. The highest BCUT2D eigenvalue weighted by Gasteiger charge is 1.93. The van der Waals surface area contributed by atoms with Crippen LogP contribution in [0.4, 0.5) is 0 Å². The van der Waals surface area contributed by atoms with E-state index in [2.05, 4.69) is 44.5 Å². The van der Waals surface area contributed by atoms with Crippen LogP contribution in [0, 0.1) is 0 Å². The zero-order valence-electron chi connectivity index (χ0n) is 11.4. The van der Waals surface area contributed by atoms with E-state index in [1.54, 1.807) is 7.05 Å². The van der Waals surface area contributed by atoms with Crippen molar-refractivity contribution in [3.8, 4) is 0 Å². The van der Waals surface area contributed by atoms with Crippen LogP contribution in [-0.4, -0.2) is 13.3 Å². The Morgan fingerprint density at radius 3 is 2.38 bits per heavy atom. The molecule has 0 unspecified atom stereocenters. The molecule has 16 heavy (non-hydrogen) atoms. The van der Waals surface area contributed by atoms with Crippen molar-refractivity contribution in [1.82, 2.24) is 0 Å². The maximum atomic E-state index is 4.06. The zero-order chi connectivity index (χ0) is 12.4. The second-order valence-corrected chi connectivity index (χ2v) is 4.19. The van der Waals surface area contributed by atoms with E-state index >= 15 is 0 Å². The largest absolute Gasteiger partial charge is 0.296 e. The second kappa shape index (κ2) is 9.18. The average Bonchev–Trinajstić information content (AvgIpc) is 2.27. The molecule has 90 valence electrons. The van der Waals surface area contributed by atoms with Gasteiger partial charge in [0.15, 0.2) is 0 Å². The van der Waals surface area contributed by atoms with Crippen molar-refractivity contribution < 1.29 is 0 Å². The monoisotopic (exact) mass is 219 g/mol. The summed E-state index contributed by atoms with van der Waals surface area (Å²) in [6.07, 6.45) is 8.73. The fourth-order valence-electron chi connectivity index (χ4n) is 1.37. The van der Waals surface area contributed by atoms with Crippen LogP contribution in [0.2, 0.25) is 0 Å². The summed E-state index contributed by atoms with van der Waals surface area (Å²) in [5, 5.41) is 0. The van der Waals surface area contributed by atoms with Gasteiger partial charge in [0.2, 0.25) is 0 Å². The molecule has 0 aliphatic rings. The maximum absolute atomic E-state index is 4.06. The Bertz CT molecular complexity index is 308. The Morgan fingerprint density at radius 1 is 1.25 bits per heavy atom. The van der Waals surface area contributed by atoms with E-state index in [0.717, 1.165) is 6.42 Å². The average molecular weight is 219 g/mol. The molecule has 0 saturated heterocycles. The lowest BCUT2D eigenvalue weighted by molar-refractivity contribution is 0.768. The highest BCUT2D eigenvalue weighted by atomic mass is 14.6. The quantitative estimate of drug-likeness (QED) is 0.349. The Balaban J connectivity index is 4.85. The van der Waals surface area contributed by atoms with Crippen LogP contribution in [-0.2, 0) is 0 Å². The van der Waals surface area contributed by atoms with Crippen molar-refractivity contribution >= 4 is 6.21 Å². The van der Waals surface area contributed by atoms with E-state index in [0.29, 0.717) is 0 Å². The number of allylic oxidation sites excluding steroid dienone is 3. The van der Waals surface area contributed by atoms with Crippen LogP contribution >= 0.6 is 0 Å². The van der Waals surface area contributed by atoms with Crippen LogP contribution in [0.15, 0.2) is 33.5 Å². The van der Waals surface area contributed by atoms with Crippen LogP contribution in [0.3, 0.4) is 0 Å². The standard InChI is InChI=1S/C15H25N/c1-6-8-9-14(7-2)10-11-15(12-16-5)13(3)4/h11-12H,6-9H2,1-5H3/b16-12+. The lowest BCUT2D eigenvalue weighted by Crippen LogP contribution is -1.84. The summed E-state index contributed by atoms with van der Waals surface area (Å²) < 4.78 is 0. The molecule has 1 heteroatoms. The van der Waals surface area contributed by atoms with Gasteiger partial charge in [-0.05, 0) is 50.3 Å². The Morgan fingerprint density at radius 2 is 1.94 bits per heavy atom. The third kappa shape index (κ3) is 6.42. The van der Waals surface area contributed by atoms with Crippen molar-refractivity contribution in [3.05, 3.63) is 28.5 Å². The molecule has 0 aromatic rings. The van der Waals surface area contributed by atoms with Crippen LogP contribution in [0.25, 0.3) is 0 Å². The van der Waals surface area contributed by atoms with Crippen molar-refractivity contribution in [1.29, 1.82) is 0 Å². The van der Waals surface area contributed by atoms with Gasteiger partial charge in [0.05, 0.1) is 0 Å². The van der Waals surface area contributed by atoms with Gasteiger partial charge < -0.3 is 0 Å². The van der Waals surface area contributed by atoms with E-state index in [4.69, 9.17) is 0 Å². The molecule has 0 aromatic carbocycles. The first-order valence-electron chi connectivity index (χ1n) is 6.19. The molecule has 0 saturated carbocycles. The lowest BCUT2D eigenvalue weighted by atomic mass is 10.1. The molecule has 0 amide bonds. The van der Waals surface area contributed by atoms with Gasteiger partial charge in [0.1, 0.15) is 0 Å². The van der Waals surface area contributed by atoms with Crippen LogP contribution in [0.1, 0.15) is 53.4 Å². The summed E-state index contributed by atoms with van der Waals surface area (Å²) in [6.45, 7) is 8.63. The minimum atomic E-state index is 1.09. The topological polar surface area (TPSA) is 12.4 Å². The SMILES string of the molecule is CCCCC(=C=CC(/C=N/C)=C(C)C)CC. The Labute approximate surface area is 101 Å². The predicted octanol–water partition coefficient (Wildman–Crippen LogP) is 4.71. The first-order valence-corrected chi connectivity index (χ1v) is 6.19. The van der Waals surface area contributed by atoms with Gasteiger partial charge in [-0.25, -0.2) is 0 Å². The molecule has 0 aliphatic heterocycles. The number of unbranched alkanes of at least 4 members (excludes halogenated alkanes) is 1. The van der Waals surface area contributed by atoms with Gasteiger partial charge in [0, 0.05) is 13.3 Å². The van der Waals surface area contributed by atoms with Gasteiger partial charge in [-0.3, -0.25) is 4.99 Å². The van der Waals surface area contributed by atoms with Crippen molar-refractivity contribution in [3.63, 3.8) is 0 Å². The lowest BCUT2D eigenvalue weighted by Gasteiger charge is -1.99. The highest BCUT2D eigenvalue weighted by Crippen LogP contribution is 2.10. The summed E-state index contributed by atoms with van der Waals surface area (Å²) in [5.74, 6) is 0. The third-order valence-electron chi connectivity index (χ3n) is 2.54. The molecular weight excluding hydrogens is 194 g/mol. The van der Waals surface area contributed by atoms with E-state index in [1.165, 1.54) is 36.0 Å². The number of aliphatic imine (C=N–C) groups is 1. The van der Waals surface area contributed by atoms with Gasteiger partial charge in [-0.15, -0.1) is 5.73 Å². The molecule has 0 bridgehead atoms. The number of hydrogen-bond acceptors (Lipinski definition) is 1. The minimum Gasteiger partial charge on any atom is -0.296 e. The Kier molecular flexibility index (Phi) is 8.56. The predicted molar refractivity (Wildman–Crippen MR) is 74.2 cm³/mol. The normalized spacial score (nSPS) is 10.1. The van der Waals surface area contributed by atoms with E-state index < -0.39 is 0 Å². The van der Waals surface area contributed by atoms with Crippen molar-refractivity contribution in [2.24, 2.45) is 4.99 Å². The fraction of sp³-hybridized carbons (Fsp3) is 0.600. The molecule has 0 rings (SSSR count). The summed E-state index contributed by atoms with van der Waals surface area (Å²) >= 11 is 0. The highest BCUT2D eigenvalue weighted by molar-refractivity contribution is 5.83. The van der Waals surface area contributed by atoms with Gasteiger partial charge in [-0.2, -0.15) is 0 Å². The molecular formula is C15H25N. The van der Waals surface area contributed by atoms with Crippen molar-refractivity contribution in [2.75, 3.05) is 7.05 Å². The van der Waals surface area contributed by atoms with Gasteiger partial charge >= 0.3 is 0 Å². The molecule has 0 aromatic heterocycles. The van der Waals surface area contributed by atoms with Gasteiger partial charge in [-0.1, -0.05) is 25.8 Å². The molecule has 0 spiro atoms. The van der Waals surface area contributed by atoms with E-state index in [-0.39, 0.29) is 0 Å². The molecule has 0 radical (unpaired) electrons. The van der Waals surface area contributed by atoms with Crippen molar-refractivity contribution in [2.45, 2.75) is 53.4 Å². The number of nitrogens with zero attached hydrogens (tertiary/aromatic N) is 1. The smallest absolute Gasteiger partial charge is 0.0286 e. The first-order chi connectivity index (χ1) is 7.65. The summed E-state index contributed by atoms with van der Waals surface area (Å²) in [5.41, 5.74) is 7.27. The summed E-state index contributed by atoms with van der Waals surface area (Å²) in [7, 11) is 1.80. The zero-order valence-corrected chi connectivity index (χ0v) is 11.4. The maximum Gasteiger partial charge on any atom is 0.0286 e.